The van der Waals surface area contributed by atoms with Gasteiger partial charge in [0.15, 0.2) is 0 Å². The third kappa shape index (κ3) is 63.4. The van der Waals surface area contributed by atoms with Crippen LogP contribution in [0.4, 0.5) is 0 Å². The summed E-state index contributed by atoms with van der Waals surface area (Å²) >= 11 is 0. The molecule has 0 spiro atoms. The predicted molar refractivity (Wildman–Crippen MR) is 491 cm³/mol. The number of likely N-dealkylation sites (N-methyl/N-ethyl adjacent to an activating group) is 9. The molecule has 0 heterocycles. The van der Waals surface area contributed by atoms with Gasteiger partial charge in [-0.1, -0.05) is 157 Å². The minimum Gasteiger partial charge on any atom is -0.389 e. The molecule has 7 unspecified atom stereocenters. The first-order valence-electron chi connectivity index (χ1n) is 39.0. The number of amidine groups is 9. The summed E-state index contributed by atoms with van der Waals surface area (Å²) in [6.07, 6.45) is 3.92. The Balaban J connectivity index is -0.0000000601. The number of nitrogens with one attached hydrogen (secondary N) is 6. The van der Waals surface area contributed by atoms with Crippen molar-refractivity contribution >= 4 is 84.8 Å². The molecule has 737 valence electrons. The molecule has 0 aliphatic heterocycles. The summed E-state index contributed by atoms with van der Waals surface area (Å²) in [5.41, 5.74) is -4.82. The van der Waals surface area contributed by atoms with Crippen LogP contribution >= 0.6 is 0 Å². The Morgan fingerprint density at radius 1 is 0.353 bits per heavy atom. The Hall–Kier alpha value is -0.224. The summed E-state index contributed by atoms with van der Waals surface area (Å²) in [4.78, 5) is 28.8. The molecule has 15 N–H and O–H groups in total. The number of aliphatic imine (C=N–C) groups is 3. The molecule has 0 saturated carbocycles. The molecule has 0 aliphatic rings. The van der Waals surface area contributed by atoms with E-state index in [-0.39, 0.29) is 198 Å². The smallest absolute Gasteiger partial charge is 0.136 e. The topological polar surface area (TPSA) is 391 Å². The van der Waals surface area contributed by atoms with Gasteiger partial charge in [-0.3, -0.25) is 47.4 Å². The van der Waals surface area contributed by atoms with E-state index in [1.54, 1.807) is 132 Å². The fraction of sp³-hybridized carbons (Fsp3) is 0.835. The molecule has 40 heteroatoms. The maximum atomic E-state index is 10.7. The number of rotatable bonds is 27. The maximum Gasteiger partial charge on any atom is 0.136 e. The predicted octanol–water partition coefficient (Wildman–Crippen LogP) is 11.2. The van der Waals surface area contributed by atoms with Crippen LogP contribution in [0.25, 0.3) is 0 Å². The molecule has 0 amide bonds. The van der Waals surface area contributed by atoms with Crippen molar-refractivity contribution in [3.8, 4) is 0 Å². The zero-order chi connectivity index (χ0) is 90.8. The summed E-state index contributed by atoms with van der Waals surface area (Å²) in [7, 11) is 26.0. The van der Waals surface area contributed by atoms with E-state index in [1.807, 2.05) is 122 Å². The second-order valence-corrected chi connectivity index (χ2v) is 56.0. The maximum absolute atomic E-state index is 10.7. The fourth-order valence-corrected chi connectivity index (χ4v) is 20.1. The van der Waals surface area contributed by atoms with Crippen molar-refractivity contribution < 1.29 is 197 Å². The average Bonchev–Trinajstić information content (AvgIpc) is 0.766. The SMILES string of the molecule is C=CC(C)(O)C(=N)N(C)C.C=CC(O)C(=NC(C)C)N(C)C.CC(C)N=C(C(O)[Si](C)(C)C)N(C)C.CCC(C)(O)C(=N)N(C)C.CCC(O)(CC)C(=N)N(C)C.CC[Si](CC)(CC)C(C)(O)C(=N)N(C)C.CC[Si](CC)(CC)C(O)C(=NC(C)C)N(C)C.CN(C)C(=N)C(C)(C)O.CN(C)C(=N)C(C)(O)[Si](C)(C)C.[Co].[Co].[Co].[Co].[Co].[Co].[Co].[Co].[Co]. The minimum absolute atomic E-state index is 0. The summed E-state index contributed by atoms with van der Waals surface area (Å²) in [5.74, 6) is 3.93. The molecule has 0 bridgehead atoms. The van der Waals surface area contributed by atoms with Crippen molar-refractivity contribution in [3.05, 3.63) is 25.3 Å². The van der Waals surface area contributed by atoms with Gasteiger partial charge in [-0.25, -0.2) is 0 Å². The number of aliphatic hydroxyl groups is 9. The van der Waals surface area contributed by atoms with Crippen LogP contribution in [0.1, 0.15) is 165 Å². The van der Waals surface area contributed by atoms with Gasteiger partial charge in [0.2, 0.25) is 0 Å². The van der Waals surface area contributed by atoms with E-state index in [9.17, 15) is 46.0 Å². The van der Waals surface area contributed by atoms with Crippen LogP contribution in [0.2, 0.25) is 75.5 Å². The number of hydrogen-bond acceptors (Lipinski definition) is 18. The van der Waals surface area contributed by atoms with E-state index >= 15 is 0 Å². The van der Waals surface area contributed by atoms with Gasteiger partial charge in [-0.2, -0.15) is 0 Å². The average molecular weight is 2170 g/mol. The number of nitrogens with zero attached hydrogens (tertiary/aromatic N) is 12. The van der Waals surface area contributed by atoms with E-state index in [4.69, 9.17) is 32.5 Å². The van der Waals surface area contributed by atoms with Crippen LogP contribution in [-0.2, 0) is 151 Å². The quantitative estimate of drug-likeness (QED) is 0.0157. The van der Waals surface area contributed by atoms with E-state index in [1.165, 1.54) is 19.1 Å². The molecule has 7 atom stereocenters. The second kappa shape index (κ2) is 75.6. The van der Waals surface area contributed by atoms with Crippen LogP contribution < -0.4 is 0 Å². The van der Waals surface area contributed by atoms with Gasteiger partial charge in [0.05, 0.1) is 38.0 Å². The van der Waals surface area contributed by atoms with Gasteiger partial charge < -0.3 is 90.1 Å². The molecule has 0 aromatic heterocycles. The summed E-state index contributed by atoms with van der Waals surface area (Å²) in [5, 5.41) is 132. The molecule has 0 aliphatic carbocycles. The summed E-state index contributed by atoms with van der Waals surface area (Å²) < 4.78 is 0. The van der Waals surface area contributed by atoms with Crippen LogP contribution in [-0.4, -0.2) is 370 Å². The molecule has 119 heavy (non-hydrogen) atoms. The van der Waals surface area contributed by atoms with Crippen molar-refractivity contribution in [3.63, 3.8) is 0 Å². The van der Waals surface area contributed by atoms with Gasteiger partial charge in [0, 0.05) is 296 Å². The van der Waals surface area contributed by atoms with Crippen LogP contribution in [0.5, 0.6) is 0 Å². The Bertz CT molecular complexity index is 2730. The third-order valence-electron chi connectivity index (χ3n) is 19.4. The minimum atomic E-state index is -1.78. The largest absolute Gasteiger partial charge is 0.389 e. The molecule has 27 nitrogen and oxygen atoms in total. The van der Waals surface area contributed by atoms with Crippen molar-refractivity contribution in [1.29, 1.82) is 32.5 Å². The van der Waals surface area contributed by atoms with E-state index < -0.39 is 71.3 Å². The van der Waals surface area contributed by atoms with Gasteiger partial charge in [-0.05, 0) is 102 Å². The van der Waals surface area contributed by atoms with Crippen LogP contribution in [0.15, 0.2) is 40.3 Å². The Morgan fingerprint density at radius 2 is 0.605 bits per heavy atom. The molecule has 0 aromatic rings. The summed E-state index contributed by atoms with van der Waals surface area (Å²) in [6.45, 7) is 60.3. The third-order valence-corrected chi connectivity index (χ3v) is 36.5. The molecule has 9 radical (unpaired) electrons. The molecular weight excluding hydrogens is 1990 g/mol. The van der Waals surface area contributed by atoms with E-state index in [0.717, 1.165) is 47.9 Å². The number of hydrogen-bond donors (Lipinski definition) is 15. The van der Waals surface area contributed by atoms with Gasteiger partial charge in [0.25, 0.3) is 0 Å². The Morgan fingerprint density at radius 3 is 0.739 bits per heavy atom. The van der Waals surface area contributed by atoms with Crippen molar-refractivity contribution in [2.45, 2.75) is 309 Å². The van der Waals surface area contributed by atoms with E-state index in [0.29, 0.717) is 42.6 Å². The first-order valence-corrected chi connectivity index (χ1v) is 51.4. The monoisotopic (exact) mass is 2170 g/mol. The first-order chi connectivity index (χ1) is 49.0. The fourth-order valence-electron chi connectivity index (χ4n) is 10.2. The van der Waals surface area contributed by atoms with Gasteiger partial charge in [0.1, 0.15) is 97.2 Å². The zero-order valence-electron chi connectivity index (χ0n) is 82.3. The van der Waals surface area contributed by atoms with Crippen LogP contribution in [0, 0.1) is 32.5 Å². The standard InChI is InChI=1S/C13H30N2OSi.C11H26N2OSi.C10H24N2OSi.C9H18N2O.C8H20N2OSi.C8H18N2O.C7H16N2O.C7H14N2O.C6H14N2O.9Co/c1-8-17(9-2,10-3)13(16)12(15(6)7)14-11(4)5;1-7-15(8-2,9-3)11(4,14)10(12)13(5)6;1-8(2)11-9(12(3)4)10(13)14(5,6)7;1-6-8(12)9(11(4)5)10-7(2)3;1-8(11,12(4,5)6)7(9)10(2)3;1-5-8(11,6-2)7(9)10(3)4;2*1-5-7(2,10)6(8)9(3)4;1-6(2,9)5(7)8(3)4;;;;;;;;;/h11,13,16H,8-10H2,1-7H3;12,14H,7-9H2,1-6H3;8,10,13H,1-7H3;6-8,12H,1H2,2-5H3;9,11H,1-6H3;9,11H,5-6H2,1-4H3;8,10H,5H2,1-4H3;5,8,10H,1H2,2-4H3;7,9H,1-4H3;;;;;;;;;. The number of aliphatic hydroxyl groups excluding tert-OH is 3. The Labute approximate surface area is 826 Å². The second-order valence-electron chi connectivity index (χ2n) is 34.2. The molecule has 0 aromatic carbocycles. The first kappa shape index (κ1) is 162. The molecule has 0 fully saturated rings. The van der Waals surface area contributed by atoms with Crippen molar-refractivity contribution in [2.75, 3.05) is 127 Å². The van der Waals surface area contributed by atoms with Crippen molar-refractivity contribution in [1.82, 2.24) is 44.1 Å². The molecular formula is C79H180Co9N18O9Si4. The van der Waals surface area contributed by atoms with Gasteiger partial charge >= 0.3 is 0 Å². The van der Waals surface area contributed by atoms with Crippen molar-refractivity contribution in [2.24, 2.45) is 15.0 Å². The molecule has 0 saturated heterocycles. The van der Waals surface area contributed by atoms with E-state index in [2.05, 4.69) is 123 Å². The summed E-state index contributed by atoms with van der Waals surface area (Å²) in [6, 6.07) is 7.11. The zero-order valence-corrected chi connectivity index (χ0v) is 95.7. The van der Waals surface area contributed by atoms with Crippen LogP contribution in [0.3, 0.4) is 0 Å². The Kier molecular flexibility index (Phi) is 103. The van der Waals surface area contributed by atoms with Gasteiger partial charge in [-0.15, -0.1) is 6.58 Å². The normalized spacial score (nSPS) is 13.8. The molecule has 0 rings (SSSR count).